The third-order valence-corrected chi connectivity index (χ3v) is 7.65. The number of benzene rings is 1. The van der Waals surface area contributed by atoms with Gasteiger partial charge in [0.15, 0.2) is 0 Å². The summed E-state index contributed by atoms with van der Waals surface area (Å²) in [4.78, 5) is 15.1. The van der Waals surface area contributed by atoms with E-state index in [2.05, 4.69) is 24.1 Å². The second-order valence-electron chi connectivity index (χ2n) is 8.29. The lowest BCUT2D eigenvalue weighted by Crippen LogP contribution is -2.56. The van der Waals surface area contributed by atoms with Gasteiger partial charge in [-0.3, -0.25) is 9.69 Å². The maximum absolute atomic E-state index is 13.1. The van der Waals surface area contributed by atoms with Crippen molar-refractivity contribution in [3.63, 3.8) is 0 Å². The van der Waals surface area contributed by atoms with Crippen LogP contribution in [0.15, 0.2) is 29.2 Å². The number of amides is 1. The van der Waals surface area contributed by atoms with E-state index in [9.17, 15) is 17.6 Å². The van der Waals surface area contributed by atoms with Crippen LogP contribution in [0.4, 0.5) is 4.39 Å². The molecule has 9 heteroatoms. The lowest BCUT2D eigenvalue weighted by molar-refractivity contribution is -0.126. The molecule has 1 aromatic rings. The third kappa shape index (κ3) is 5.33. The standard InChI is InChI=1S/C20H30FN3O4S/c1-20(2,23-10-12-28-13-11-23)15-22-19(25)16-4-3-9-24(14-16)29(26,27)18-7-5-17(21)6-8-18/h5-8,16H,3-4,9-15H2,1-2H3,(H,22,25). The molecule has 1 aromatic carbocycles. The minimum absolute atomic E-state index is 0.0495. The van der Waals surface area contributed by atoms with E-state index in [1.165, 1.54) is 16.4 Å². The molecule has 1 atom stereocenters. The van der Waals surface area contributed by atoms with Crippen LogP contribution in [0.2, 0.25) is 0 Å². The van der Waals surface area contributed by atoms with Gasteiger partial charge in [0.05, 0.1) is 24.0 Å². The van der Waals surface area contributed by atoms with Crippen LogP contribution in [0.1, 0.15) is 26.7 Å². The average Bonchev–Trinajstić information content (AvgIpc) is 2.73. The van der Waals surface area contributed by atoms with Crippen LogP contribution < -0.4 is 5.32 Å². The molecule has 1 N–H and O–H groups in total. The van der Waals surface area contributed by atoms with Gasteiger partial charge >= 0.3 is 0 Å². The topological polar surface area (TPSA) is 79.0 Å². The molecule has 2 fully saturated rings. The summed E-state index contributed by atoms with van der Waals surface area (Å²) in [5, 5.41) is 3.02. The van der Waals surface area contributed by atoms with Crippen molar-refractivity contribution in [3.05, 3.63) is 30.1 Å². The summed E-state index contributed by atoms with van der Waals surface area (Å²) < 4.78 is 45.5. The van der Waals surface area contributed by atoms with E-state index in [4.69, 9.17) is 4.74 Å². The highest BCUT2D eigenvalue weighted by Gasteiger charge is 2.35. The fourth-order valence-corrected chi connectivity index (χ4v) is 5.38. The first-order valence-corrected chi connectivity index (χ1v) is 11.5. The summed E-state index contributed by atoms with van der Waals surface area (Å²) in [6.45, 7) is 8.22. The molecule has 0 bridgehead atoms. The van der Waals surface area contributed by atoms with E-state index < -0.39 is 15.8 Å². The predicted molar refractivity (Wildman–Crippen MR) is 107 cm³/mol. The van der Waals surface area contributed by atoms with Crippen molar-refractivity contribution < 1.29 is 22.3 Å². The van der Waals surface area contributed by atoms with Crippen molar-refractivity contribution in [3.8, 4) is 0 Å². The Hall–Kier alpha value is -1.55. The molecule has 2 aliphatic heterocycles. The number of piperidine rings is 1. The van der Waals surface area contributed by atoms with E-state index in [1.54, 1.807) is 0 Å². The monoisotopic (exact) mass is 427 g/mol. The highest BCUT2D eigenvalue weighted by atomic mass is 32.2. The van der Waals surface area contributed by atoms with Gasteiger partial charge in [0.1, 0.15) is 5.82 Å². The summed E-state index contributed by atoms with van der Waals surface area (Å²) in [7, 11) is -3.74. The van der Waals surface area contributed by atoms with Crippen molar-refractivity contribution in [2.75, 3.05) is 45.9 Å². The highest BCUT2D eigenvalue weighted by molar-refractivity contribution is 7.89. The number of carbonyl (C=O) groups is 1. The van der Waals surface area contributed by atoms with Gasteiger partial charge in [-0.2, -0.15) is 4.31 Å². The van der Waals surface area contributed by atoms with Gasteiger partial charge in [0, 0.05) is 38.3 Å². The third-order valence-electron chi connectivity index (χ3n) is 5.77. The number of hydrogen-bond acceptors (Lipinski definition) is 5. The van der Waals surface area contributed by atoms with E-state index in [1.807, 2.05) is 0 Å². The van der Waals surface area contributed by atoms with Crippen LogP contribution in [0.3, 0.4) is 0 Å². The Morgan fingerprint density at radius 2 is 1.86 bits per heavy atom. The van der Waals surface area contributed by atoms with Gasteiger partial charge in [-0.1, -0.05) is 0 Å². The van der Waals surface area contributed by atoms with Crippen LogP contribution >= 0.6 is 0 Å². The molecular formula is C20H30FN3O4S. The second-order valence-corrected chi connectivity index (χ2v) is 10.2. The zero-order valence-electron chi connectivity index (χ0n) is 17.1. The molecule has 3 rings (SSSR count). The normalized spacial score (nSPS) is 22.4. The summed E-state index contributed by atoms with van der Waals surface area (Å²) >= 11 is 0. The molecule has 7 nitrogen and oxygen atoms in total. The van der Waals surface area contributed by atoms with Crippen LogP contribution in [0.25, 0.3) is 0 Å². The largest absolute Gasteiger partial charge is 0.379 e. The molecule has 0 aliphatic carbocycles. The van der Waals surface area contributed by atoms with Crippen molar-refractivity contribution in [1.82, 2.24) is 14.5 Å². The smallest absolute Gasteiger partial charge is 0.243 e. The first kappa shape index (κ1) is 22.1. The Morgan fingerprint density at radius 1 is 1.21 bits per heavy atom. The number of nitrogens with one attached hydrogen (secondary N) is 1. The van der Waals surface area contributed by atoms with Crippen molar-refractivity contribution in [2.45, 2.75) is 37.1 Å². The zero-order chi connectivity index (χ0) is 21.1. The Morgan fingerprint density at radius 3 is 2.52 bits per heavy atom. The molecule has 2 aliphatic rings. The van der Waals surface area contributed by atoms with Crippen LogP contribution in [0, 0.1) is 11.7 Å². The van der Waals surface area contributed by atoms with Crippen molar-refractivity contribution in [2.24, 2.45) is 5.92 Å². The van der Waals surface area contributed by atoms with Crippen LogP contribution in [-0.2, 0) is 19.6 Å². The predicted octanol–water partition coefficient (Wildman–Crippen LogP) is 1.45. The molecule has 2 saturated heterocycles. The Kier molecular flexibility index (Phi) is 6.93. The van der Waals surface area contributed by atoms with Gasteiger partial charge in [0.2, 0.25) is 15.9 Å². The van der Waals surface area contributed by atoms with Crippen LogP contribution in [0.5, 0.6) is 0 Å². The minimum Gasteiger partial charge on any atom is -0.379 e. The molecule has 0 aromatic heterocycles. The number of morpholine rings is 1. The molecule has 0 radical (unpaired) electrons. The number of rotatable bonds is 6. The maximum atomic E-state index is 13.1. The Labute approximate surface area is 172 Å². The summed E-state index contributed by atoms with van der Waals surface area (Å²) in [6, 6.07) is 4.79. The van der Waals surface area contributed by atoms with Crippen LogP contribution in [-0.4, -0.2) is 75.0 Å². The molecule has 1 unspecified atom stereocenters. The summed E-state index contributed by atoms with van der Waals surface area (Å²) in [5.74, 6) is -0.993. The van der Waals surface area contributed by atoms with Gasteiger partial charge < -0.3 is 10.1 Å². The van der Waals surface area contributed by atoms with Gasteiger partial charge in [-0.15, -0.1) is 0 Å². The fraction of sp³-hybridized carbons (Fsp3) is 0.650. The van der Waals surface area contributed by atoms with E-state index in [0.717, 1.165) is 25.2 Å². The number of ether oxygens (including phenoxy) is 1. The fourth-order valence-electron chi connectivity index (χ4n) is 3.86. The lowest BCUT2D eigenvalue weighted by atomic mass is 9.97. The van der Waals surface area contributed by atoms with E-state index in [0.29, 0.717) is 39.1 Å². The molecule has 162 valence electrons. The highest BCUT2D eigenvalue weighted by Crippen LogP contribution is 2.24. The molecule has 29 heavy (non-hydrogen) atoms. The summed E-state index contributed by atoms with van der Waals surface area (Å²) in [6.07, 6.45) is 1.27. The molecule has 1 amide bonds. The number of nitrogens with zero attached hydrogens (tertiary/aromatic N) is 2. The number of carbonyl (C=O) groups excluding carboxylic acids is 1. The lowest BCUT2D eigenvalue weighted by Gasteiger charge is -2.41. The Bertz CT molecular complexity index is 808. The van der Waals surface area contributed by atoms with Crippen molar-refractivity contribution in [1.29, 1.82) is 0 Å². The first-order valence-electron chi connectivity index (χ1n) is 10.1. The molecular weight excluding hydrogens is 397 g/mol. The second kappa shape index (κ2) is 9.07. The minimum atomic E-state index is -3.74. The first-order chi connectivity index (χ1) is 13.7. The SMILES string of the molecule is CC(C)(CNC(=O)C1CCCN(S(=O)(=O)c2ccc(F)cc2)C1)N1CCOCC1. The molecule has 0 saturated carbocycles. The Balaban J connectivity index is 1.59. The molecule has 2 heterocycles. The van der Waals surface area contributed by atoms with Gasteiger partial charge in [0.25, 0.3) is 0 Å². The van der Waals surface area contributed by atoms with Gasteiger partial charge in [-0.25, -0.2) is 12.8 Å². The maximum Gasteiger partial charge on any atom is 0.243 e. The van der Waals surface area contributed by atoms with E-state index in [-0.39, 0.29) is 28.8 Å². The number of hydrogen-bond donors (Lipinski definition) is 1. The summed E-state index contributed by atoms with van der Waals surface area (Å²) in [5.41, 5.74) is -0.200. The van der Waals surface area contributed by atoms with Crippen molar-refractivity contribution >= 4 is 15.9 Å². The quantitative estimate of drug-likeness (QED) is 0.744. The van der Waals surface area contributed by atoms with Gasteiger partial charge in [-0.05, 0) is 51.0 Å². The number of halogens is 1. The molecule has 0 spiro atoms. The zero-order valence-corrected chi connectivity index (χ0v) is 17.9. The van der Waals surface area contributed by atoms with E-state index >= 15 is 0 Å². The average molecular weight is 428 g/mol. The number of sulfonamides is 1.